The zero-order valence-electron chi connectivity index (χ0n) is 17.1. The van der Waals surface area contributed by atoms with E-state index < -0.39 is 12.1 Å². The lowest BCUT2D eigenvalue weighted by molar-refractivity contribution is -0.130. The first-order valence-electron chi connectivity index (χ1n) is 9.78. The van der Waals surface area contributed by atoms with E-state index in [2.05, 4.69) is 21.2 Å². The maximum Gasteiger partial charge on any atom is 0.312 e. The lowest BCUT2D eigenvalue weighted by Crippen LogP contribution is -2.37. The normalized spacial score (nSPS) is 11.4. The van der Waals surface area contributed by atoms with Crippen LogP contribution in [0.4, 0.5) is 4.79 Å². The van der Waals surface area contributed by atoms with Crippen molar-refractivity contribution in [3.63, 3.8) is 0 Å². The smallest absolute Gasteiger partial charge is 0.312 e. The molecule has 0 aliphatic carbocycles. The molecule has 0 aliphatic heterocycles. The molecule has 7 heteroatoms. The molecule has 0 saturated carbocycles. The summed E-state index contributed by atoms with van der Waals surface area (Å²) in [6, 6.07) is 23.1. The zero-order valence-corrected chi connectivity index (χ0v) is 18.7. The highest BCUT2D eigenvalue weighted by Gasteiger charge is 2.21. The van der Waals surface area contributed by atoms with Gasteiger partial charge in [-0.25, -0.2) is 4.79 Å². The minimum Gasteiger partial charge on any atom is -0.457 e. The van der Waals surface area contributed by atoms with Crippen LogP contribution in [0.25, 0.3) is 0 Å². The van der Waals surface area contributed by atoms with Crippen LogP contribution in [0.5, 0.6) is 11.5 Å². The minimum atomic E-state index is -0.694. The molecule has 0 spiro atoms. The predicted molar refractivity (Wildman–Crippen MR) is 124 cm³/mol. The molecule has 0 aliphatic rings. The molecule has 31 heavy (non-hydrogen) atoms. The summed E-state index contributed by atoms with van der Waals surface area (Å²) in [5.74, 6) is 1.18. The van der Waals surface area contributed by atoms with Crippen molar-refractivity contribution < 1.29 is 14.3 Å². The standard InChI is InChI=1S/C24H24BrN3O3/c1-28(16-18-8-5-6-13-21(18)25)23(29)15-22(27-24(26)30)17-9-7-12-20(14-17)31-19-10-3-2-4-11-19/h2-14,22H,15-16H2,1H3,(H3,26,27,30). The molecule has 0 saturated heterocycles. The molecule has 0 bridgehead atoms. The number of rotatable bonds is 8. The molecule has 160 valence electrons. The molecule has 3 aromatic carbocycles. The first kappa shape index (κ1) is 22.4. The first-order chi connectivity index (χ1) is 14.9. The van der Waals surface area contributed by atoms with Crippen molar-refractivity contribution in [2.24, 2.45) is 5.73 Å². The van der Waals surface area contributed by atoms with Gasteiger partial charge in [-0.3, -0.25) is 4.79 Å². The number of ether oxygens (including phenoxy) is 1. The number of primary amides is 1. The van der Waals surface area contributed by atoms with Crippen LogP contribution < -0.4 is 15.8 Å². The lowest BCUT2D eigenvalue weighted by atomic mass is 10.0. The summed E-state index contributed by atoms with van der Waals surface area (Å²) in [5, 5.41) is 2.67. The van der Waals surface area contributed by atoms with Gasteiger partial charge < -0.3 is 20.7 Å². The number of halogens is 1. The SMILES string of the molecule is CN(Cc1ccccc1Br)C(=O)CC(NC(N)=O)c1cccc(Oc2ccccc2)c1. The second-order valence-electron chi connectivity index (χ2n) is 7.09. The summed E-state index contributed by atoms with van der Waals surface area (Å²) in [5.41, 5.74) is 7.10. The van der Waals surface area contributed by atoms with Crippen molar-refractivity contribution in [1.82, 2.24) is 10.2 Å². The number of carbonyl (C=O) groups excluding carboxylic acids is 2. The number of nitrogens with one attached hydrogen (secondary N) is 1. The van der Waals surface area contributed by atoms with E-state index in [1.807, 2.05) is 72.8 Å². The van der Waals surface area contributed by atoms with Gasteiger partial charge in [-0.05, 0) is 41.5 Å². The van der Waals surface area contributed by atoms with Gasteiger partial charge in [0.2, 0.25) is 5.91 Å². The Labute approximate surface area is 190 Å². The van der Waals surface area contributed by atoms with E-state index >= 15 is 0 Å². The number of nitrogens with two attached hydrogens (primary N) is 1. The van der Waals surface area contributed by atoms with Crippen molar-refractivity contribution in [1.29, 1.82) is 0 Å². The van der Waals surface area contributed by atoms with Gasteiger partial charge in [0.1, 0.15) is 11.5 Å². The van der Waals surface area contributed by atoms with Crippen LogP contribution >= 0.6 is 15.9 Å². The molecule has 0 radical (unpaired) electrons. The average Bonchev–Trinajstić information content (AvgIpc) is 2.75. The number of carbonyl (C=O) groups is 2. The summed E-state index contributed by atoms with van der Waals surface area (Å²) < 4.78 is 6.81. The Bertz CT molecular complexity index is 1040. The Morgan fingerprint density at radius 1 is 1.00 bits per heavy atom. The molecule has 1 atom stereocenters. The van der Waals surface area contributed by atoms with Gasteiger partial charge in [0.05, 0.1) is 12.5 Å². The monoisotopic (exact) mass is 481 g/mol. The zero-order chi connectivity index (χ0) is 22.2. The topological polar surface area (TPSA) is 84.7 Å². The third-order valence-corrected chi connectivity index (χ3v) is 5.50. The van der Waals surface area contributed by atoms with E-state index in [0.717, 1.165) is 15.6 Å². The third kappa shape index (κ3) is 6.58. The van der Waals surface area contributed by atoms with E-state index in [-0.39, 0.29) is 12.3 Å². The van der Waals surface area contributed by atoms with Crippen molar-refractivity contribution in [2.75, 3.05) is 7.05 Å². The van der Waals surface area contributed by atoms with E-state index in [0.29, 0.717) is 18.0 Å². The fourth-order valence-electron chi connectivity index (χ4n) is 3.14. The van der Waals surface area contributed by atoms with Gasteiger partial charge in [-0.1, -0.05) is 64.5 Å². The summed E-state index contributed by atoms with van der Waals surface area (Å²) >= 11 is 3.50. The van der Waals surface area contributed by atoms with Crippen LogP contribution in [-0.2, 0) is 11.3 Å². The number of hydrogen-bond acceptors (Lipinski definition) is 3. The van der Waals surface area contributed by atoms with Gasteiger partial charge in [0.25, 0.3) is 0 Å². The van der Waals surface area contributed by atoms with Gasteiger partial charge in [0, 0.05) is 18.1 Å². The molecule has 0 heterocycles. The molecule has 0 aromatic heterocycles. The van der Waals surface area contributed by atoms with Crippen molar-refractivity contribution >= 4 is 27.9 Å². The quantitative estimate of drug-likeness (QED) is 0.474. The summed E-state index contributed by atoms with van der Waals surface area (Å²) in [6.07, 6.45) is 0.0681. The summed E-state index contributed by atoms with van der Waals surface area (Å²) in [6.45, 7) is 0.445. The van der Waals surface area contributed by atoms with Crippen LogP contribution in [-0.4, -0.2) is 23.9 Å². The third-order valence-electron chi connectivity index (χ3n) is 4.73. The molecule has 0 fully saturated rings. The predicted octanol–water partition coefficient (Wildman–Crippen LogP) is 5.00. The Balaban J connectivity index is 1.74. The highest BCUT2D eigenvalue weighted by Crippen LogP contribution is 2.26. The summed E-state index contributed by atoms with van der Waals surface area (Å²) in [7, 11) is 1.73. The molecule has 1 unspecified atom stereocenters. The fraction of sp³-hybridized carbons (Fsp3) is 0.167. The van der Waals surface area contributed by atoms with Crippen LogP contribution in [0.3, 0.4) is 0 Å². The van der Waals surface area contributed by atoms with E-state index in [1.54, 1.807) is 18.0 Å². The number of para-hydroxylation sites is 1. The van der Waals surface area contributed by atoms with E-state index in [1.165, 1.54) is 0 Å². The van der Waals surface area contributed by atoms with Crippen molar-refractivity contribution in [2.45, 2.75) is 19.0 Å². The average molecular weight is 482 g/mol. The van der Waals surface area contributed by atoms with Gasteiger partial charge in [-0.2, -0.15) is 0 Å². The van der Waals surface area contributed by atoms with Gasteiger partial charge in [0.15, 0.2) is 0 Å². The molecular formula is C24H24BrN3O3. The van der Waals surface area contributed by atoms with Gasteiger partial charge >= 0.3 is 6.03 Å². The van der Waals surface area contributed by atoms with Gasteiger partial charge in [-0.15, -0.1) is 0 Å². The van der Waals surface area contributed by atoms with Crippen LogP contribution in [0, 0.1) is 0 Å². The Kier molecular flexibility index (Phi) is 7.67. The number of hydrogen-bond donors (Lipinski definition) is 2. The van der Waals surface area contributed by atoms with Crippen molar-refractivity contribution in [3.05, 3.63) is 94.5 Å². The number of amides is 3. The maximum atomic E-state index is 12.9. The van der Waals surface area contributed by atoms with Crippen molar-refractivity contribution in [3.8, 4) is 11.5 Å². The molecule has 3 rings (SSSR count). The van der Waals surface area contributed by atoms with Crippen LogP contribution in [0.15, 0.2) is 83.3 Å². The maximum absolute atomic E-state index is 12.9. The highest BCUT2D eigenvalue weighted by atomic mass is 79.9. The second-order valence-corrected chi connectivity index (χ2v) is 7.95. The number of benzene rings is 3. The minimum absolute atomic E-state index is 0.0681. The Morgan fingerprint density at radius 2 is 1.68 bits per heavy atom. The largest absolute Gasteiger partial charge is 0.457 e. The fourth-order valence-corrected chi connectivity index (χ4v) is 3.55. The van der Waals surface area contributed by atoms with Crippen LogP contribution in [0.1, 0.15) is 23.6 Å². The molecular weight excluding hydrogens is 458 g/mol. The Morgan fingerprint density at radius 3 is 2.39 bits per heavy atom. The Hall–Kier alpha value is -3.32. The van der Waals surface area contributed by atoms with E-state index in [9.17, 15) is 9.59 Å². The number of urea groups is 1. The van der Waals surface area contributed by atoms with E-state index in [4.69, 9.17) is 10.5 Å². The molecule has 3 aromatic rings. The highest BCUT2D eigenvalue weighted by molar-refractivity contribution is 9.10. The molecule has 6 nitrogen and oxygen atoms in total. The second kappa shape index (κ2) is 10.6. The summed E-state index contributed by atoms with van der Waals surface area (Å²) in [4.78, 5) is 26.1. The first-order valence-corrected chi connectivity index (χ1v) is 10.6. The lowest BCUT2D eigenvalue weighted by Gasteiger charge is -2.23. The molecule has 3 N–H and O–H groups in total. The molecule has 3 amide bonds. The van der Waals surface area contributed by atoms with Crippen LogP contribution in [0.2, 0.25) is 0 Å². The number of nitrogens with zero attached hydrogens (tertiary/aromatic N) is 1.